The molecule has 0 radical (unpaired) electrons. The van der Waals surface area contributed by atoms with Crippen LogP contribution in [0.5, 0.6) is 5.75 Å². The van der Waals surface area contributed by atoms with Gasteiger partial charge in [0.05, 0.1) is 23.5 Å². The van der Waals surface area contributed by atoms with Crippen molar-refractivity contribution in [1.29, 1.82) is 0 Å². The summed E-state index contributed by atoms with van der Waals surface area (Å²) in [6.45, 7) is 4.76. The molecule has 0 aliphatic carbocycles. The number of alkyl halides is 1. The highest BCUT2D eigenvalue weighted by atomic mass is 19.1. The van der Waals surface area contributed by atoms with Crippen molar-refractivity contribution >= 4 is 28.6 Å². The van der Waals surface area contributed by atoms with Crippen LogP contribution in [0, 0.1) is 0 Å². The minimum absolute atomic E-state index is 0.237. The molecule has 5 rings (SSSR count). The number of nitrogens with zero attached hydrogens (tertiary/aromatic N) is 2. The number of fused-ring (bicyclic) bond motifs is 2. The third-order valence-electron chi connectivity index (χ3n) is 5.53. The zero-order valence-corrected chi connectivity index (χ0v) is 16.8. The number of aliphatic imine (C=N–C) groups is 1. The number of allylic oxidation sites excluding steroid dienone is 1. The molecule has 3 heterocycles. The van der Waals surface area contributed by atoms with E-state index in [9.17, 15) is 9.18 Å². The van der Waals surface area contributed by atoms with Crippen LogP contribution in [-0.2, 0) is 0 Å². The fourth-order valence-electron chi connectivity index (χ4n) is 3.84. The predicted molar refractivity (Wildman–Crippen MR) is 119 cm³/mol. The largest absolute Gasteiger partial charge is 0.493 e. The molecule has 1 atom stereocenters. The number of hydrogen-bond donors (Lipinski definition) is 2. The third-order valence-corrected chi connectivity index (χ3v) is 5.53. The monoisotopic (exact) mass is 416 g/mol. The van der Waals surface area contributed by atoms with Gasteiger partial charge in [-0.15, -0.1) is 0 Å². The van der Waals surface area contributed by atoms with Crippen molar-refractivity contribution < 1.29 is 13.9 Å². The molecule has 0 spiro atoms. The number of benzene rings is 2. The summed E-state index contributed by atoms with van der Waals surface area (Å²) in [6, 6.07) is 11.0. The molecule has 7 heteroatoms. The second kappa shape index (κ2) is 7.83. The number of rotatable bonds is 4. The number of carbonyl (C=O) groups excluding carboxylic acids is 1. The number of halogens is 1. The van der Waals surface area contributed by atoms with Gasteiger partial charge in [-0.2, -0.15) is 5.10 Å². The van der Waals surface area contributed by atoms with Crippen LogP contribution >= 0.6 is 0 Å². The molecule has 156 valence electrons. The van der Waals surface area contributed by atoms with Gasteiger partial charge in [-0.1, -0.05) is 12.7 Å². The number of aromatic nitrogens is 2. The fourth-order valence-corrected chi connectivity index (χ4v) is 3.84. The van der Waals surface area contributed by atoms with Gasteiger partial charge < -0.3 is 10.1 Å². The number of nitrogens with one attached hydrogen (secondary N) is 2. The molecule has 1 amide bonds. The second-order valence-corrected chi connectivity index (χ2v) is 7.60. The SMILES string of the molecule is C=C1CCOc2ccc(-c3n[nH]c4ccc(C(=O)N[C@@H](F)C5=CCCC=N5)cc34)cc21. The third kappa shape index (κ3) is 3.63. The lowest BCUT2D eigenvalue weighted by Gasteiger charge is -2.19. The van der Waals surface area contributed by atoms with Crippen LogP contribution in [0.15, 0.2) is 59.7 Å². The summed E-state index contributed by atoms with van der Waals surface area (Å²) in [4.78, 5) is 16.7. The van der Waals surface area contributed by atoms with Crippen LogP contribution in [0.25, 0.3) is 27.7 Å². The van der Waals surface area contributed by atoms with Crippen LogP contribution in [0.3, 0.4) is 0 Å². The number of hydrogen-bond acceptors (Lipinski definition) is 4. The normalized spacial score (nSPS) is 16.4. The van der Waals surface area contributed by atoms with Gasteiger partial charge in [0, 0.05) is 34.7 Å². The Hall–Kier alpha value is -3.74. The van der Waals surface area contributed by atoms with Crippen LogP contribution in [-0.4, -0.2) is 35.2 Å². The van der Waals surface area contributed by atoms with Gasteiger partial charge in [0.25, 0.3) is 5.91 Å². The summed E-state index contributed by atoms with van der Waals surface area (Å²) in [5, 5.41) is 10.6. The van der Waals surface area contributed by atoms with Crippen molar-refractivity contribution in [3.05, 3.63) is 65.9 Å². The highest BCUT2D eigenvalue weighted by Gasteiger charge is 2.20. The molecule has 0 fully saturated rings. The number of carbonyl (C=O) groups is 1. The second-order valence-electron chi connectivity index (χ2n) is 7.60. The van der Waals surface area contributed by atoms with Crippen molar-refractivity contribution in [1.82, 2.24) is 15.5 Å². The lowest BCUT2D eigenvalue weighted by Crippen LogP contribution is -2.33. The van der Waals surface area contributed by atoms with Gasteiger partial charge in [-0.25, -0.2) is 4.39 Å². The average Bonchev–Trinajstić information content (AvgIpc) is 3.23. The molecule has 0 saturated carbocycles. The molecule has 6 nitrogen and oxygen atoms in total. The molecule has 2 aliphatic rings. The number of amides is 1. The minimum atomic E-state index is -1.64. The quantitative estimate of drug-likeness (QED) is 0.600. The first-order valence-electron chi connectivity index (χ1n) is 10.2. The van der Waals surface area contributed by atoms with E-state index in [0.29, 0.717) is 17.9 Å². The summed E-state index contributed by atoms with van der Waals surface area (Å²) in [7, 11) is 0. The van der Waals surface area contributed by atoms with Crippen LogP contribution < -0.4 is 10.1 Å². The summed E-state index contributed by atoms with van der Waals surface area (Å²) in [6.07, 6.45) is 4.01. The molecule has 3 aromatic rings. The smallest absolute Gasteiger partial charge is 0.253 e. The molecule has 0 unspecified atom stereocenters. The molecule has 2 aliphatic heterocycles. The Morgan fingerprint density at radius 3 is 2.97 bits per heavy atom. The number of aromatic amines is 1. The van der Waals surface area contributed by atoms with Gasteiger partial charge in [0.2, 0.25) is 6.30 Å². The lowest BCUT2D eigenvalue weighted by atomic mass is 9.97. The fraction of sp³-hybridized carbons (Fsp3) is 0.208. The Balaban J connectivity index is 1.45. The minimum Gasteiger partial charge on any atom is -0.493 e. The highest BCUT2D eigenvalue weighted by Crippen LogP contribution is 2.36. The van der Waals surface area contributed by atoms with Gasteiger partial charge in [0.1, 0.15) is 5.75 Å². The maximum absolute atomic E-state index is 14.5. The van der Waals surface area contributed by atoms with E-state index in [1.807, 2.05) is 18.2 Å². The van der Waals surface area contributed by atoms with Gasteiger partial charge in [-0.05, 0) is 54.8 Å². The van der Waals surface area contributed by atoms with Crippen LogP contribution in [0.2, 0.25) is 0 Å². The number of ether oxygens (including phenoxy) is 1. The topological polar surface area (TPSA) is 79.4 Å². The standard InChI is InChI=1S/C24H21FN4O2/c1-14-9-11-31-21-8-6-15(12-17(14)21)22-18-13-16(5-7-19(18)28-29-22)24(30)27-23(25)20-4-2-3-10-26-20/h4-8,10,12-13,23H,1-3,9,11H2,(H,27,30)(H,28,29)/t23-/m1/s1. The van der Waals surface area contributed by atoms with Crippen LogP contribution in [0.4, 0.5) is 4.39 Å². The molecule has 0 saturated heterocycles. The van der Waals surface area contributed by atoms with E-state index in [2.05, 4.69) is 27.1 Å². The van der Waals surface area contributed by atoms with E-state index in [1.165, 1.54) is 0 Å². The van der Waals surface area contributed by atoms with Crippen molar-refractivity contribution in [2.45, 2.75) is 25.6 Å². The molecular formula is C24H21FN4O2. The highest BCUT2D eigenvalue weighted by molar-refractivity contribution is 6.01. The van der Waals surface area contributed by atoms with E-state index in [1.54, 1.807) is 30.5 Å². The van der Waals surface area contributed by atoms with Crippen molar-refractivity contribution in [3.8, 4) is 17.0 Å². The molecule has 1 aromatic heterocycles. The zero-order chi connectivity index (χ0) is 21.4. The zero-order valence-electron chi connectivity index (χ0n) is 16.8. The van der Waals surface area contributed by atoms with E-state index in [-0.39, 0.29) is 5.70 Å². The first-order valence-corrected chi connectivity index (χ1v) is 10.2. The van der Waals surface area contributed by atoms with E-state index >= 15 is 0 Å². The van der Waals surface area contributed by atoms with Crippen molar-refractivity contribution in [2.24, 2.45) is 4.99 Å². The molecule has 2 N–H and O–H groups in total. The van der Waals surface area contributed by atoms with Crippen molar-refractivity contribution in [3.63, 3.8) is 0 Å². The Labute approximate surface area is 178 Å². The van der Waals surface area contributed by atoms with E-state index in [0.717, 1.165) is 52.6 Å². The summed E-state index contributed by atoms with van der Waals surface area (Å²) in [5.74, 6) is 0.309. The maximum atomic E-state index is 14.5. The van der Waals surface area contributed by atoms with E-state index < -0.39 is 12.2 Å². The van der Waals surface area contributed by atoms with Gasteiger partial charge >= 0.3 is 0 Å². The first-order chi connectivity index (χ1) is 15.1. The molecule has 31 heavy (non-hydrogen) atoms. The Morgan fingerprint density at radius 2 is 2.13 bits per heavy atom. The first kappa shape index (κ1) is 19.2. The van der Waals surface area contributed by atoms with Gasteiger partial charge in [-0.3, -0.25) is 14.9 Å². The van der Waals surface area contributed by atoms with Crippen LogP contribution in [0.1, 0.15) is 35.2 Å². The molecular weight excluding hydrogens is 395 g/mol. The summed E-state index contributed by atoms with van der Waals surface area (Å²) < 4.78 is 20.2. The van der Waals surface area contributed by atoms with E-state index in [4.69, 9.17) is 4.74 Å². The molecule has 0 bridgehead atoms. The average molecular weight is 416 g/mol. The Kier molecular flexibility index (Phi) is 4.86. The Morgan fingerprint density at radius 1 is 1.23 bits per heavy atom. The summed E-state index contributed by atoms with van der Waals surface area (Å²) in [5.41, 5.74) is 4.97. The van der Waals surface area contributed by atoms with Gasteiger partial charge in [0.15, 0.2) is 0 Å². The van der Waals surface area contributed by atoms with Crippen molar-refractivity contribution in [2.75, 3.05) is 6.61 Å². The summed E-state index contributed by atoms with van der Waals surface area (Å²) >= 11 is 0. The maximum Gasteiger partial charge on any atom is 0.253 e. The lowest BCUT2D eigenvalue weighted by molar-refractivity contribution is 0.0910. The Bertz CT molecular complexity index is 1260. The predicted octanol–water partition coefficient (Wildman–Crippen LogP) is 4.80. The molecule has 2 aromatic carbocycles. The number of H-pyrrole nitrogens is 1.